The van der Waals surface area contributed by atoms with E-state index in [1.54, 1.807) is 16.9 Å². The third kappa shape index (κ3) is 4.03. The van der Waals surface area contributed by atoms with E-state index in [0.29, 0.717) is 24.9 Å². The van der Waals surface area contributed by atoms with E-state index < -0.39 is 0 Å². The Bertz CT molecular complexity index is 881. The number of aromatic nitrogens is 3. The molecular weight excluding hydrogens is 316 g/mol. The molecule has 2 heterocycles. The van der Waals surface area contributed by atoms with E-state index in [1.165, 1.54) is 12.8 Å². The van der Waals surface area contributed by atoms with Crippen molar-refractivity contribution in [1.82, 2.24) is 14.8 Å². The van der Waals surface area contributed by atoms with Crippen LogP contribution in [0.25, 0.3) is 10.9 Å². The molecule has 1 aliphatic carbocycles. The van der Waals surface area contributed by atoms with Gasteiger partial charge in [0.25, 0.3) is 5.91 Å². The Morgan fingerprint density at radius 1 is 1.24 bits per heavy atom. The molecule has 6 heteroatoms. The van der Waals surface area contributed by atoms with Crippen molar-refractivity contribution in [2.24, 2.45) is 5.92 Å². The van der Waals surface area contributed by atoms with Crippen molar-refractivity contribution in [3.63, 3.8) is 0 Å². The van der Waals surface area contributed by atoms with E-state index in [2.05, 4.69) is 15.4 Å². The Morgan fingerprint density at radius 2 is 2.12 bits per heavy atom. The van der Waals surface area contributed by atoms with Gasteiger partial charge in [0.15, 0.2) is 5.82 Å². The van der Waals surface area contributed by atoms with Gasteiger partial charge in [-0.05, 0) is 30.4 Å². The van der Waals surface area contributed by atoms with Crippen molar-refractivity contribution in [2.75, 3.05) is 18.5 Å². The molecular formula is C19H20N4O2. The van der Waals surface area contributed by atoms with Crippen LogP contribution in [0.3, 0.4) is 0 Å². The summed E-state index contributed by atoms with van der Waals surface area (Å²) in [6.07, 6.45) is 6.08. The Kier molecular flexibility index (Phi) is 4.43. The molecule has 0 bridgehead atoms. The highest BCUT2D eigenvalue weighted by atomic mass is 16.5. The normalized spacial score (nSPS) is 13.9. The van der Waals surface area contributed by atoms with Gasteiger partial charge in [0.05, 0.1) is 18.7 Å². The predicted molar refractivity (Wildman–Crippen MR) is 95.2 cm³/mol. The fourth-order valence-electron chi connectivity index (χ4n) is 2.77. The van der Waals surface area contributed by atoms with E-state index in [-0.39, 0.29) is 12.5 Å². The zero-order valence-electron chi connectivity index (χ0n) is 13.9. The number of nitrogens with zero attached hydrogens (tertiary/aromatic N) is 3. The lowest BCUT2D eigenvalue weighted by atomic mass is 10.1. The van der Waals surface area contributed by atoms with Crippen LogP contribution in [0.4, 0.5) is 5.82 Å². The molecule has 6 nitrogen and oxygen atoms in total. The number of ether oxygens (including phenoxy) is 1. The molecule has 0 aliphatic heterocycles. The molecule has 0 radical (unpaired) electrons. The monoisotopic (exact) mass is 336 g/mol. The highest BCUT2D eigenvalue weighted by molar-refractivity contribution is 5.90. The fraction of sp³-hybridized carbons (Fsp3) is 0.316. The van der Waals surface area contributed by atoms with E-state index in [0.717, 1.165) is 16.5 Å². The van der Waals surface area contributed by atoms with Gasteiger partial charge in [0.1, 0.15) is 6.61 Å². The number of hydrogen-bond donors (Lipinski definition) is 1. The topological polar surface area (TPSA) is 69.0 Å². The van der Waals surface area contributed by atoms with E-state index in [1.807, 2.05) is 36.5 Å². The van der Waals surface area contributed by atoms with Crippen LogP contribution in [0.2, 0.25) is 0 Å². The average Bonchev–Trinajstić information content (AvgIpc) is 3.34. The molecule has 25 heavy (non-hydrogen) atoms. The van der Waals surface area contributed by atoms with Crippen molar-refractivity contribution in [3.05, 3.63) is 54.4 Å². The molecule has 1 N–H and O–H groups in total. The Morgan fingerprint density at radius 3 is 3.00 bits per heavy atom. The molecule has 128 valence electrons. The first-order valence-electron chi connectivity index (χ1n) is 8.51. The maximum atomic E-state index is 11.9. The zero-order valence-corrected chi connectivity index (χ0v) is 13.9. The van der Waals surface area contributed by atoms with Gasteiger partial charge in [-0.2, -0.15) is 5.10 Å². The van der Waals surface area contributed by atoms with Gasteiger partial charge in [-0.25, -0.2) is 0 Å². The highest BCUT2D eigenvalue weighted by Gasteiger charge is 2.21. The number of rotatable bonds is 7. The second kappa shape index (κ2) is 7.03. The number of carbonyl (C=O) groups excluding carboxylic acids is 1. The molecule has 1 aliphatic rings. The summed E-state index contributed by atoms with van der Waals surface area (Å²) in [6.45, 7) is 1.36. The lowest BCUT2D eigenvalue weighted by Gasteiger charge is -2.06. The van der Waals surface area contributed by atoms with Gasteiger partial charge < -0.3 is 10.1 Å². The van der Waals surface area contributed by atoms with Crippen LogP contribution < -0.4 is 5.32 Å². The Hall–Kier alpha value is -2.73. The van der Waals surface area contributed by atoms with Crippen LogP contribution in [0.1, 0.15) is 18.4 Å². The number of hydrogen-bond acceptors (Lipinski definition) is 4. The van der Waals surface area contributed by atoms with Crippen LogP contribution in [0.5, 0.6) is 0 Å². The first-order valence-corrected chi connectivity index (χ1v) is 8.51. The summed E-state index contributed by atoms with van der Waals surface area (Å²) in [5.74, 6) is 1.02. The lowest BCUT2D eigenvalue weighted by molar-refractivity contribution is -0.120. The first kappa shape index (κ1) is 15.8. The van der Waals surface area contributed by atoms with Crippen molar-refractivity contribution in [2.45, 2.75) is 19.4 Å². The van der Waals surface area contributed by atoms with Gasteiger partial charge >= 0.3 is 0 Å². The first-order chi connectivity index (χ1) is 12.3. The number of amides is 1. The molecule has 1 fully saturated rings. The molecule has 0 spiro atoms. The second-order valence-electron chi connectivity index (χ2n) is 6.40. The van der Waals surface area contributed by atoms with Crippen LogP contribution in [-0.4, -0.2) is 33.9 Å². The molecule has 0 atom stereocenters. The van der Waals surface area contributed by atoms with E-state index >= 15 is 0 Å². The molecule has 0 unspecified atom stereocenters. The summed E-state index contributed by atoms with van der Waals surface area (Å²) in [7, 11) is 0. The molecule has 4 rings (SSSR count). The van der Waals surface area contributed by atoms with E-state index in [4.69, 9.17) is 4.74 Å². The van der Waals surface area contributed by atoms with Gasteiger partial charge in [0, 0.05) is 23.8 Å². The maximum absolute atomic E-state index is 11.9. The smallest absolute Gasteiger partial charge is 0.251 e. The van der Waals surface area contributed by atoms with Gasteiger partial charge in [-0.15, -0.1) is 0 Å². The Labute approximate surface area is 145 Å². The fourth-order valence-corrected chi connectivity index (χ4v) is 2.77. The zero-order chi connectivity index (χ0) is 17.1. The van der Waals surface area contributed by atoms with Crippen molar-refractivity contribution < 1.29 is 9.53 Å². The second-order valence-corrected chi connectivity index (χ2v) is 6.40. The average molecular weight is 336 g/mol. The maximum Gasteiger partial charge on any atom is 0.251 e. The number of benzene rings is 1. The van der Waals surface area contributed by atoms with Crippen molar-refractivity contribution in [1.29, 1.82) is 0 Å². The number of fused-ring (bicyclic) bond motifs is 1. The van der Waals surface area contributed by atoms with Gasteiger partial charge in [-0.1, -0.05) is 24.3 Å². The number of pyridine rings is 1. The largest absolute Gasteiger partial charge is 0.371 e. The standard InChI is InChI=1S/C19H20N4O2/c24-18(13-25-12-14-6-7-14)21-17-8-10-23(22-17)11-16-4-1-3-15-5-2-9-20-19(15)16/h1-5,8-10,14H,6-7,11-13H2,(H,21,22,24). The molecule has 1 amide bonds. The van der Waals surface area contributed by atoms with Gasteiger partial charge in [-0.3, -0.25) is 14.5 Å². The van der Waals surface area contributed by atoms with Gasteiger partial charge in [0.2, 0.25) is 0 Å². The van der Waals surface area contributed by atoms with Crippen molar-refractivity contribution in [3.8, 4) is 0 Å². The molecule has 3 aromatic rings. The summed E-state index contributed by atoms with van der Waals surface area (Å²) in [4.78, 5) is 16.3. The minimum absolute atomic E-state index is 0.0800. The third-order valence-electron chi connectivity index (χ3n) is 4.24. The number of anilines is 1. The SMILES string of the molecule is O=C(COCC1CC1)Nc1ccn(Cc2cccc3cccnc23)n1. The summed E-state index contributed by atoms with van der Waals surface area (Å²) in [6, 6.07) is 11.9. The summed E-state index contributed by atoms with van der Waals surface area (Å²) in [5.41, 5.74) is 2.06. The molecule has 1 aromatic carbocycles. The summed E-state index contributed by atoms with van der Waals surface area (Å²) >= 11 is 0. The minimum atomic E-state index is -0.169. The molecule has 2 aromatic heterocycles. The Balaban J connectivity index is 1.38. The molecule has 0 saturated heterocycles. The summed E-state index contributed by atoms with van der Waals surface area (Å²) in [5, 5.41) is 8.28. The third-order valence-corrected chi connectivity index (χ3v) is 4.24. The highest BCUT2D eigenvalue weighted by Crippen LogP contribution is 2.28. The lowest BCUT2D eigenvalue weighted by Crippen LogP contribution is -2.19. The summed E-state index contributed by atoms with van der Waals surface area (Å²) < 4.78 is 7.18. The van der Waals surface area contributed by atoms with E-state index in [9.17, 15) is 4.79 Å². The quantitative estimate of drug-likeness (QED) is 0.720. The van der Waals surface area contributed by atoms with Crippen LogP contribution in [0.15, 0.2) is 48.8 Å². The van der Waals surface area contributed by atoms with Crippen LogP contribution >= 0.6 is 0 Å². The number of para-hydroxylation sites is 1. The minimum Gasteiger partial charge on any atom is -0.371 e. The number of carbonyl (C=O) groups is 1. The van der Waals surface area contributed by atoms with Crippen LogP contribution in [0, 0.1) is 5.92 Å². The van der Waals surface area contributed by atoms with Crippen molar-refractivity contribution >= 4 is 22.6 Å². The van der Waals surface area contributed by atoms with Crippen LogP contribution in [-0.2, 0) is 16.1 Å². The predicted octanol–water partition coefficient (Wildman–Crippen LogP) is 2.84. The number of nitrogens with one attached hydrogen (secondary N) is 1. The molecule has 1 saturated carbocycles.